The lowest BCUT2D eigenvalue weighted by Gasteiger charge is -2.21. The van der Waals surface area contributed by atoms with Gasteiger partial charge in [-0.05, 0) is 41.9 Å². The number of fused-ring (bicyclic) bond motifs is 1. The fourth-order valence-electron chi connectivity index (χ4n) is 4.27. The number of hydroxylamine groups is 1. The monoisotopic (exact) mass is 447 g/mol. The zero-order chi connectivity index (χ0) is 23.4. The predicted octanol–water partition coefficient (Wildman–Crippen LogP) is 5.50. The molecule has 1 aromatic carbocycles. The molecule has 1 aliphatic carbocycles. The Morgan fingerprint density at radius 3 is 2.76 bits per heavy atom. The number of allylic oxidation sites excluding steroid dienone is 3. The van der Waals surface area contributed by atoms with Crippen LogP contribution in [0.25, 0.3) is 16.6 Å². The van der Waals surface area contributed by atoms with Crippen molar-refractivity contribution >= 4 is 28.3 Å². The van der Waals surface area contributed by atoms with Gasteiger partial charge in [0.15, 0.2) is 11.4 Å². The fraction of sp³-hybridized carbons (Fsp3) is 0.360. The Morgan fingerprint density at radius 2 is 2.09 bits per heavy atom. The molecule has 0 unspecified atom stereocenters. The van der Waals surface area contributed by atoms with Gasteiger partial charge in [-0.2, -0.15) is 20.3 Å². The lowest BCUT2D eigenvalue weighted by Crippen LogP contribution is -2.31. The molecular formula is C25H31N6O2+. The number of rotatable bonds is 6. The van der Waals surface area contributed by atoms with Crippen LogP contribution in [-0.2, 0) is 0 Å². The molecule has 33 heavy (non-hydrogen) atoms. The van der Waals surface area contributed by atoms with Crippen LogP contribution >= 0.6 is 0 Å². The highest BCUT2D eigenvalue weighted by molar-refractivity contribution is 5.99. The van der Waals surface area contributed by atoms with E-state index in [1.54, 1.807) is 29.1 Å². The molecule has 1 fully saturated rings. The summed E-state index contributed by atoms with van der Waals surface area (Å²) >= 11 is 0. The highest BCUT2D eigenvalue weighted by Crippen LogP contribution is 2.31. The second kappa shape index (κ2) is 9.85. The number of nitrogens with one attached hydrogen (secondary N) is 1. The van der Waals surface area contributed by atoms with Gasteiger partial charge in [0.05, 0.1) is 11.6 Å². The minimum absolute atomic E-state index is 0.0706. The van der Waals surface area contributed by atoms with Crippen LogP contribution in [0.5, 0.6) is 0 Å². The second-order valence-electron chi connectivity index (χ2n) is 8.70. The summed E-state index contributed by atoms with van der Waals surface area (Å²) in [5.74, 6) is -0.0706. The first-order valence-corrected chi connectivity index (χ1v) is 11.5. The highest BCUT2D eigenvalue weighted by atomic mass is 16.5. The lowest BCUT2D eigenvalue weighted by atomic mass is 9.96. The van der Waals surface area contributed by atoms with Crippen LogP contribution in [0, 0.1) is 5.92 Å². The first kappa shape index (κ1) is 22.5. The molecule has 2 N–H and O–H groups in total. The van der Waals surface area contributed by atoms with Crippen LogP contribution in [0.4, 0.5) is 10.5 Å². The van der Waals surface area contributed by atoms with Gasteiger partial charge in [-0.3, -0.25) is 4.68 Å². The number of nitrogens with zero attached hydrogens (tertiary/aromatic N) is 5. The zero-order valence-corrected chi connectivity index (χ0v) is 19.2. The van der Waals surface area contributed by atoms with Gasteiger partial charge >= 0.3 is 6.03 Å². The molecule has 1 saturated carbocycles. The number of hydrogen-bond donors (Lipinski definition) is 2. The van der Waals surface area contributed by atoms with Crippen LogP contribution in [0.2, 0.25) is 0 Å². The van der Waals surface area contributed by atoms with Crippen molar-refractivity contribution in [2.24, 2.45) is 5.92 Å². The molecule has 2 amide bonds. The van der Waals surface area contributed by atoms with Crippen molar-refractivity contribution in [2.75, 3.05) is 5.32 Å². The lowest BCUT2D eigenvalue weighted by molar-refractivity contribution is -0.697. The molecule has 1 aliphatic rings. The normalized spacial score (nSPS) is 15.8. The molecule has 0 atom stereocenters. The Balaban J connectivity index is 1.73. The van der Waals surface area contributed by atoms with Crippen molar-refractivity contribution in [3.05, 3.63) is 61.6 Å². The van der Waals surface area contributed by atoms with Crippen LogP contribution in [0.15, 0.2) is 61.6 Å². The molecule has 2 aromatic heterocycles. The molecule has 0 spiro atoms. The maximum absolute atomic E-state index is 13.0. The number of benzene rings is 1. The fourth-order valence-corrected chi connectivity index (χ4v) is 4.27. The standard InChI is InChI=1S/C25H30N6O2/c1-4-5-12-23(18(2)3)31(33)25(32)27-22-15-19-17-30(20-10-7-6-8-11-20)28-21(19)16-24(22)29-14-9-13-26-29/h4-5,9,12-18,20H,1,6-8,10-11H2,2-3H3,(H-,27,32,33)/p+1/b12-5-,31-23-. The van der Waals surface area contributed by atoms with Crippen LogP contribution < -0.4 is 5.32 Å². The maximum Gasteiger partial charge on any atom is 0.535 e. The SMILES string of the molecule is C=C/C=C\C(C(C)C)=[N+](\O)C(=O)Nc1cc2cn(C3CCCCC3)nc2cc1-n1cccn1. The van der Waals surface area contributed by atoms with E-state index in [2.05, 4.69) is 21.7 Å². The summed E-state index contributed by atoms with van der Waals surface area (Å²) in [4.78, 5) is 13.0. The van der Waals surface area contributed by atoms with Gasteiger partial charge in [0.2, 0.25) is 0 Å². The molecule has 8 nitrogen and oxygen atoms in total. The minimum Gasteiger partial charge on any atom is -0.347 e. The molecule has 3 aromatic rings. The van der Waals surface area contributed by atoms with E-state index < -0.39 is 6.03 Å². The summed E-state index contributed by atoms with van der Waals surface area (Å²) < 4.78 is 4.39. The average Bonchev–Trinajstić information content (AvgIpc) is 3.49. The van der Waals surface area contributed by atoms with E-state index in [9.17, 15) is 10.0 Å². The third kappa shape index (κ3) is 4.89. The number of amides is 2. The van der Waals surface area contributed by atoms with E-state index in [0.29, 0.717) is 27.9 Å². The highest BCUT2D eigenvalue weighted by Gasteiger charge is 2.25. The zero-order valence-electron chi connectivity index (χ0n) is 19.2. The molecule has 172 valence electrons. The third-order valence-electron chi connectivity index (χ3n) is 6.01. The Hall–Kier alpha value is -3.68. The number of carbonyl (C=O) groups excluding carboxylic acids is 1. The second-order valence-corrected chi connectivity index (χ2v) is 8.70. The van der Waals surface area contributed by atoms with Gasteiger partial charge in [-0.15, -0.1) is 0 Å². The van der Waals surface area contributed by atoms with E-state index in [0.717, 1.165) is 23.7 Å². The van der Waals surface area contributed by atoms with Crippen molar-refractivity contribution in [1.82, 2.24) is 19.6 Å². The van der Waals surface area contributed by atoms with Gasteiger partial charge in [0.25, 0.3) is 0 Å². The average molecular weight is 448 g/mol. The number of urea groups is 1. The Morgan fingerprint density at radius 1 is 1.30 bits per heavy atom. The summed E-state index contributed by atoms with van der Waals surface area (Å²) in [6.45, 7) is 7.46. The van der Waals surface area contributed by atoms with Crippen molar-refractivity contribution in [2.45, 2.75) is 52.0 Å². The van der Waals surface area contributed by atoms with Crippen molar-refractivity contribution in [3.63, 3.8) is 0 Å². The molecule has 2 heterocycles. The van der Waals surface area contributed by atoms with E-state index in [1.165, 1.54) is 19.3 Å². The Kier molecular flexibility index (Phi) is 6.72. The van der Waals surface area contributed by atoms with Crippen molar-refractivity contribution in [3.8, 4) is 5.69 Å². The first-order chi connectivity index (χ1) is 16.0. The third-order valence-corrected chi connectivity index (χ3v) is 6.01. The van der Waals surface area contributed by atoms with Crippen LogP contribution in [-0.4, -0.2) is 41.2 Å². The largest absolute Gasteiger partial charge is 0.535 e. The van der Waals surface area contributed by atoms with E-state index in [-0.39, 0.29) is 5.92 Å². The number of carbonyl (C=O) groups is 1. The van der Waals surface area contributed by atoms with Crippen LogP contribution in [0.3, 0.4) is 0 Å². The van der Waals surface area contributed by atoms with Crippen molar-refractivity contribution in [1.29, 1.82) is 0 Å². The summed E-state index contributed by atoms with van der Waals surface area (Å²) in [6.07, 6.45) is 16.5. The van der Waals surface area contributed by atoms with Gasteiger partial charge in [0, 0.05) is 29.9 Å². The predicted molar refractivity (Wildman–Crippen MR) is 129 cm³/mol. The van der Waals surface area contributed by atoms with Crippen molar-refractivity contribution < 1.29 is 14.7 Å². The van der Waals surface area contributed by atoms with Gasteiger partial charge in [-0.1, -0.05) is 51.8 Å². The van der Waals surface area contributed by atoms with Gasteiger partial charge in [0.1, 0.15) is 5.69 Å². The maximum atomic E-state index is 13.0. The van der Waals surface area contributed by atoms with E-state index in [1.807, 2.05) is 44.4 Å². The topological polar surface area (TPSA) is 88.0 Å². The van der Waals surface area contributed by atoms with Gasteiger partial charge < -0.3 is 5.21 Å². The number of hydrogen-bond acceptors (Lipinski definition) is 4. The summed E-state index contributed by atoms with van der Waals surface area (Å²) in [6, 6.07) is 5.38. The molecule has 4 rings (SSSR count). The summed E-state index contributed by atoms with van der Waals surface area (Å²) in [5.41, 5.74) is 2.51. The smallest absolute Gasteiger partial charge is 0.347 e. The Bertz CT molecular complexity index is 1200. The molecule has 0 saturated heterocycles. The number of anilines is 1. The first-order valence-electron chi connectivity index (χ1n) is 11.5. The minimum atomic E-state index is -0.653. The molecule has 0 radical (unpaired) electrons. The molecule has 8 heteroatoms. The molecular weight excluding hydrogens is 416 g/mol. The van der Waals surface area contributed by atoms with Gasteiger partial charge in [-0.25, -0.2) is 4.68 Å². The molecule has 0 aliphatic heterocycles. The van der Waals surface area contributed by atoms with E-state index in [4.69, 9.17) is 5.10 Å². The summed E-state index contributed by atoms with van der Waals surface area (Å²) in [5, 5.41) is 23.5. The summed E-state index contributed by atoms with van der Waals surface area (Å²) in [7, 11) is 0. The Labute approximate surface area is 193 Å². The van der Waals surface area contributed by atoms with Crippen LogP contribution in [0.1, 0.15) is 52.0 Å². The number of aromatic nitrogens is 4. The van der Waals surface area contributed by atoms with E-state index >= 15 is 0 Å². The quantitative estimate of drug-likeness (QED) is 0.130. The molecule has 0 bridgehead atoms.